The molecule has 0 bridgehead atoms. The highest BCUT2D eigenvalue weighted by Gasteiger charge is 2.46. The Morgan fingerprint density at radius 1 is 0.797 bits per heavy atom. The zero-order chi connectivity index (χ0) is 52.8. The minimum atomic E-state index is -1.25. The number of carbonyl (C=O) groups is 8. The van der Waals surface area contributed by atoms with Crippen LogP contribution >= 0.6 is 0 Å². The molecule has 6 N–H and O–H groups in total. The fraction of sp³-hybridized carbons (Fsp3) is 0.509. The van der Waals surface area contributed by atoms with Crippen molar-refractivity contribution in [3.8, 4) is 0 Å². The van der Waals surface area contributed by atoms with Crippen LogP contribution in [0.1, 0.15) is 139 Å². The number of imide groups is 1. The molecule has 1 saturated carbocycles. The van der Waals surface area contributed by atoms with Crippen LogP contribution in [0.2, 0.25) is 0 Å². The number of primary amides is 1. The van der Waals surface area contributed by atoms with E-state index in [0.717, 1.165) is 47.9 Å². The Morgan fingerprint density at radius 2 is 1.47 bits per heavy atom. The molecule has 3 saturated heterocycles. The first-order chi connectivity index (χ1) is 35.3. The number of aryl methyl sites for hydroxylation is 1. The van der Waals surface area contributed by atoms with Gasteiger partial charge in [-0.15, -0.1) is 0 Å². The van der Waals surface area contributed by atoms with Gasteiger partial charge in [0.25, 0.3) is 0 Å². The van der Waals surface area contributed by atoms with Gasteiger partial charge < -0.3 is 36.2 Å². The van der Waals surface area contributed by atoms with E-state index >= 15 is 0 Å². The summed E-state index contributed by atoms with van der Waals surface area (Å²) >= 11 is 0. The molecule has 5 atom stereocenters. The molecule has 3 aliphatic heterocycles. The summed E-state index contributed by atoms with van der Waals surface area (Å²) in [6.45, 7) is 5.24. The van der Waals surface area contributed by atoms with E-state index in [9.17, 15) is 43.2 Å². The molecule has 4 heterocycles. The van der Waals surface area contributed by atoms with Gasteiger partial charge in [0.05, 0.1) is 23.6 Å². The predicted octanol–water partition coefficient (Wildman–Crippen LogP) is 4.51. The third-order valence-electron chi connectivity index (χ3n) is 15.1. The number of rotatable bonds is 15. The Labute approximate surface area is 430 Å². The maximum Gasteiger partial charge on any atom is 0.408 e. The van der Waals surface area contributed by atoms with Gasteiger partial charge in [0.2, 0.25) is 41.4 Å². The van der Waals surface area contributed by atoms with Gasteiger partial charge in [-0.05, 0) is 126 Å². The smallest absolute Gasteiger partial charge is 0.408 e. The summed E-state index contributed by atoms with van der Waals surface area (Å²) in [5.74, 6) is -2.76. The van der Waals surface area contributed by atoms with E-state index in [1.165, 1.54) is 9.47 Å². The topological polar surface area (TPSA) is 253 Å². The molecule has 0 spiro atoms. The summed E-state index contributed by atoms with van der Waals surface area (Å²) in [6.07, 6.45) is 4.83. The van der Waals surface area contributed by atoms with E-state index in [1.807, 2.05) is 78.9 Å². The lowest BCUT2D eigenvalue weighted by Gasteiger charge is -2.39. The van der Waals surface area contributed by atoms with Crippen LogP contribution in [0.5, 0.6) is 0 Å². The molecule has 4 fully saturated rings. The van der Waals surface area contributed by atoms with Crippen LogP contribution in [-0.4, -0.2) is 109 Å². The number of imidazole rings is 1. The van der Waals surface area contributed by atoms with Gasteiger partial charge >= 0.3 is 11.8 Å². The molecule has 1 unspecified atom stereocenters. The first-order valence-corrected chi connectivity index (χ1v) is 26.0. The summed E-state index contributed by atoms with van der Waals surface area (Å²) in [6, 6.07) is 19.4. The third kappa shape index (κ3) is 12.4. The maximum atomic E-state index is 14.8. The number of fused-ring (bicyclic) bond motifs is 2. The second-order valence-electron chi connectivity index (χ2n) is 21.3. The molecule has 3 aromatic carbocycles. The number of alkyl carbamates (subject to hydrolysis) is 1. The molecule has 394 valence electrons. The normalized spacial score (nSPS) is 22.8. The van der Waals surface area contributed by atoms with Crippen LogP contribution < -0.4 is 32.7 Å². The number of hydrogen-bond donors (Lipinski definition) is 5. The molecule has 0 radical (unpaired) electrons. The van der Waals surface area contributed by atoms with E-state index in [0.29, 0.717) is 24.8 Å². The largest absolute Gasteiger partial charge is 0.444 e. The average molecular weight is 1020 g/mol. The number of carbonyl (C=O) groups excluding carboxylic acids is 8. The number of nitrogens with zero attached hydrogens (tertiary/aromatic N) is 4. The monoisotopic (exact) mass is 1020 g/mol. The first kappa shape index (κ1) is 53.0. The zero-order valence-electron chi connectivity index (χ0n) is 42.7. The highest BCUT2D eigenvalue weighted by atomic mass is 16.6. The molecule has 19 heteroatoms. The number of amides is 8. The molecule has 19 nitrogen and oxygen atoms in total. The van der Waals surface area contributed by atoms with Gasteiger partial charge in [0.15, 0.2) is 0 Å². The SMILES string of the molecule is Cn1c(=O)n(C2CCC(=O)NC2=O)c2ccc(C3CCC(CCC(=O)N4CC[C@H]5CC[C@@H](C(=O)N[C@@H](CCC(N)=O)C(=O)NC(c6ccccc6)c6ccccc6)N5C(=O)[C@@H](NC(=O)OC(C)(C)C)C4)CC3)cc21. The van der Waals surface area contributed by atoms with Crippen molar-refractivity contribution in [2.24, 2.45) is 18.7 Å². The molecule has 1 aromatic heterocycles. The third-order valence-corrected chi connectivity index (χ3v) is 15.1. The Kier molecular flexibility index (Phi) is 16.4. The Balaban J connectivity index is 0.915. The van der Waals surface area contributed by atoms with Crippen molar-refractivity contribution in [1.29, 1.82) is 0 Å². The number of benzene rings is 3. The number of ether oxygens (including phenoxy) is 1. The molecule has 4 aliphatic rings. The minimum Gasteiger partial charge on any atom is -0.444 e. The number of piperidine rings is 1. The number of nitrogens with two attached hydrogens (primary N) is 1. The summed E-state index contributed by atoms with van der Waals surface area (Å²) in [4.78, 5) is 124. The summed E-state index contributed by atoms with van der Waals surface area (Å²) in [7, 11) is 1.69. The van der Waals surface area contributed by atoms with Crippen LogP contribution in [-0.2, 0) is 45.3 Å². The lowest BCUT2D eigenvalue weighted by Crippen LogP contribution is -2.62. The van der Waals surface area contributed by atoms with Crippen LogP contribution in [0, 0.1) is 5.92 Å². The van der Waals surface area contributed by atoms with E-state index in [4.69, 9.17) is 10.5 Å². The van der Waals surface area contributed by atoms with Crippen LogP contribution in [0.4, 0.5) is 4.79 Å². The molecule has 8 amide bonds. The van der Waals surface area contributed by atoms with Gasteiger partial charge in [0, 0.05) is 38.9 Å². The highest BCUT2D eigenvalue weighted by molar-refractivity contribution is 6.00. The molecular weight excluding hydrogens is 947 g/mol. The van der Waals surface area contributed by atoms with Crippen molar-refractivity contribution >= 4 is 58.5 Å². The summed E-state index contributed by atoms with van der Waals surface area (Å²) in [5.41, 5.74) is 8.41. The number of aromatic nitrogens is 2. The first-order valence-electron chi connectivity index (χ1n) is 26.0. The second-order valence-corrected chi connectivity index (χ2v) is 21.3. The van der Waals surface area contributed by atoms with Crippen LogP contribution in [0.3, 0.4) is 0 Å². The van der Waals surface area contributed by atoms with Gasteiger partial charge in [-0.25, -0.2) is 9.59 Å². The zero-order valence-corrected chi connectivity index (χ0v) is 42.7. The van der Waals surface area contributed by atoms with E-state index in [-0.39, 0.29) is 81.0 Å². The number of hydrogen-bond acceptors (Lipinski definition) is 10. The van der Waals surface area contributed by atoms with E-state index in [1.54, 1.807) is 37.3 Å². The molecule has 1 aliphatic carbocycles. The molecule has 4 aromatic rings. The van der Waals surface area contributed by atoms with Gasteiger partial charge in [-0.3, -0.25) is 48.0 Å². The Hall–Kier alpha value is -7.31. The van der Waals surface area contributed by atoms with Crippen LogP contribution in [0.15, 0.2) is 83.7 Å². The lowest BCUT2D eigenvalue weighted by atomic mass is 9.77. The van der Waals surface area contributed by atoms with Crippen molar-refractivity contribution in [2.45, 2.75) is 152 Å². The van der Waals surface area contributed by atoms with E-state index < -0.39 is 77.5 Å². The van der Waals surface area contributed by atoms with Crippen molar-refractivity contribution in [3.63, 3.8) is 0 Å². The highest BCUT2D eigenvalue weighted by Crippen LogP contribution is 2.39. The molecular formula is C55H69N9O10. The summed E-state index contributed by atoms with van der Waals surface area (Å²) < 4.78 is 8.60. The second kappa shape index (κ2) is 22.8. The molecule has 74 heavy (non-hydrogen) atoms. The van der Waals surface area contributed by atoms with Crippen molar-refractivity contribution < 1.29 is 43.1 Å². The number of nitrogens with one attached hydrogen (secondary N) is 4. The fourth-order valence-electron chi connectivity index (χ4n) is 11.3. The molecule has 8 rings (SSSR count). The van der Waals surface area contributed by atoms with E-state index in [2.05, 4.69) is 21.3 Å². The standard InChI is InChI=1S/C55H69N9O10/c1-55(2,3)74-53(72)58-40-32-62(47(67)28-17-33-15-18-34(19-16-33)37-20-23-41-44(31-37)61(4)54(73)64(41)43-25-27-46(66)59-51(43)70)30-29-38-21-24-42(63(38)52(40)71)50(69)57-39(22-26-45(56)65)49(68)60-48(35-11-7-5-8-12-35)36-13-9-6-10-14-36/h5-14,20,23,31,33-34,38-40,42-43,48H,15-19,21-22,24-30,32H2,1-4H3,(H2,56,65)(H,57,69)(H,58,72)(H,60,68)(H,59,66,70)/t33?,34?,38-,39+,40+,42+,43?/m1/s1. The fourth-order valence-corrected chi connectivity index (χ4v) is 11.3. The minimum absolute atomic E-state index is 0.0844. The predicted molar refractivity (Wildman–Crippen MR) is 274 cm³/mol. The van der Waals surface area contributed by atoms with Gasteiger partial charge in [0.1, 0.15) is 29.8 Å². The lowest BCUT2D eigenvalue weighted by molar-refractivity contribution is -0.146. The maximum absolute atomic E-state index is 14.8. The average Bonchev–Trinajstić information content (AvgIpc) is 3.90. The Morgan fingerprint density at radius 3 is 2.11 bits per heavy atom. The van der Waals surface area contributed by atoms with Crippen molar-refractivity contribution in [1.82, 2.24) is 40.2 Å². The Bertz CT molecular complexity index is 2780. The van der Waals surface area contributed by atoms with Crippen LogP contribution in [0.25, 0.3) is 11.0 Å². The van der Waals surface area contributed by atoms with Crippen molar-refractivity contribution in [2.75, 3.05) is 13.1 Å². The van der Waals surface area contributed by atoms with Gasteiger partial charge in [-0.2, -0.15) is 0 Å². The quantitative estimate of drug-likeness (QED) is 0.104. The summed E-state index contributed by atoms with van der Waals surface area (Å²) in [5, 5.41) is 11.0. The van der Waals surface area contributed by atoms with Crippen molar-refractivity contribution in [3.05, 3.63) is 106 Å². The van der Waals surface area contributed by atoms with Gasteiger partial charge in [-0.1, -0.05) is 66.7 Å².